The highest BCUT2D eigenvalue weighted by Crippen LogP contribution is 2.27. The molecule has 14 heteroatoms. The van der Waals surface area contributed by atoms with Gasteiger partial charge in [-0.05, 0) is 40.4 Å². The van der Waals surface area contributed by atoms with Crippen molar-refractivity contribution in [3.8, 4) is 17.0 Å². The van der Waals surface area contributed by atoms with E-state index < -0.39 is 48.3 Å². The number of carbonyl (C=O) groups is 4. The summed E-state index contributed by atoms with van der Waals surface area (Å²) in [4.78, 5) is 51.0. The quantitative estimate of drug-likeness (QED) is 0.135. The zero-order chi connectivity index (χ0) is 33.1. The molecule has 0 spiro atoms. The van der Waals surface area contributed by atoms with Crippen molar-refractivity contribution in [2.45, 2.75) is 32.9 Å². The lowest BCUT2D eigenvalue weighted by molar-refractivity contribution is -0.178. The third-order valence-electron chi connectivity index (χ3n) is 6.77. The molecule has 3 aromatic rings. The molecule has 0 aliphatic rings. The van der Waals surface area contributed by atoms with Gasteiger partial charge in [0.05, 0.1) is 39.2 Å². The predicted molar refractivity (Wildman–Crippen MR) is 158 cm³/mol. The van der Waals surface area contributed by atoms with Crippen molar-refractivity contribution in [3.63, 3.8) is 0 Å². The van der Waals surface area contributed by atoms with E-state index in [4.69, 9.17) is 30.3 Å². The third kappa shape index (κ3) is 10.4. The maximum absolute atomic E-state index is 14.3. The lowest BCUT2D eigenvalue weighted by Crippen LogP contribution is -2.40. The number of hydrogen-bond donors (Lipinski definition) is 1. The van der Waals surface area contributed by atoms with Crippen molar-refractivity contribution in [1.82, 2.24) is 10.1 Å². The van der Waals surface area contributed by atoms with Crippen LogP contribution in [0.1, 0.15) is 36.4 Å². The monoisotopic (exact) mass is 648 g/mol. The van der Waals surface area contributed by atoms with Gasteiger partial charge in [-0.15, -0.1) is 0 Å². The van der Waals surface area contributed by atoms with Gasteiger partial charge in [-0.25, -0.2) is 9.18 Å². The van der Waals surface area contributed by atoms with Crippen LogP contribution >= 0.6 is 11.6 Å². The van der Waals surface area contributed by atoms with Crippen molar-refractivity contribution >= 4 is 35.3 Å². The van der Waals surface area contributed by atoms with Crippen LogP contribution in [0, 0.1) is 17.7 Å². The number of rotatable bonds is 16. The summed E-state index contributed by atoms with van der Waals surface area (Å²) in [7, 11) is 2.56. The van der Waals surface area contributed by atoms with Crippen LogP contribution in [0.3, 0.4) is 0 Å². The molecule has 242 valence electrons. The molecule has 1 aromatic heterocycles. The summed E-state index contributed by atoms with van der Waals surface area (Å²) < 4.78 is 38.8. The van der Waals surface area contributed by atoms with Crippen LogP contribution in [0.25, 0.3) is 11.1 Å². The molecule has 45 heavy (non-hydrogen) atoms. The van der Waals surface area contributed by atoms with Crippen molar-refractivity contribution in [2.75, 3.05) is 34.1 Å². The van der Waals surface area contributed by atoms with Gasteiger partial charge >= 0.3 is 17.9 Å². The second-order valence-corrected chi connectivity index (χ2v) is 10.8. The zero-order valence-electron chi connectivity index (χ0n) is 25.2. The summed E-state index contributed by atoms with van der Waals surface area (Å²) in [5.74, 6) is -4.51. The molecule has 0 unspecified atom stereocenters. The minimum atomic E-state index is -1.74. The first-order valence-electron chi connectivity index (χ1n) is 13.8. The molecule has 12 nitrogen and oxygen atoms in total. The minimum absolute atomic E-state index is 0.0816. The van der Waals surface area contributed by atoms with Crippen LogP contribution in [0.5, 0.6) is 5.88 Å². The fourth-order valence-corrected chi connectivity index (χ4v) is 4.41. The van der Waals surface area contributed by atoms with Crippen molar-refractivity contribution in [2.24, 2.45) is 11.8 Å². The normalized spacial score (nSPS) is 12.5. The molecule has 0 aliphatic heterocycles. The number of benzene rings is 2. The number of aliphatic hydroxyl groups excluding tert-OH is 1. The van der Waals surface area contributed by atoms with E-state index in [-0.39, 0.29) is 43.6 Å². The zero-order valence-corrected chi connectivity index (χ0v) is 25.9. The average molecular weight is 649 g/mol. The van der Waals surface area contributed by atoms with Crippen molar-refractivity contribution in [1.29, 1.82) is 0 Å². The van der Waals surface area contributed by atoms with E-state index in [9.17, 15) is 28.7 Å². The topological polar surface area (TPSA) is 155 Å². The van der Waals surface area contributed by atoms with Gasteiger partial charge in [0.25, 0.3) is 5.88 Å². The Bertz CT molecular complexity index is 1480. The van der Waals surface area contributed by atoms with Crippen molar-refractivity contribution in [3.05, 3.63) is 70.7 Å². The van der Waals surface area contributed by atoms with E-state index in [1.54, 1.807) is 38.1 Å². The first kappa shape index (κ1) is 35.2. The number of ketones is 1. The van der Waals surface area contributed by atoms with Gasteiger partial charge in [-0.3, -0.25) is 19.3 Å². The fraction of sp³-hybridized carbons (Fsp3) is 0.387. The minimum Gasteiger partial charge on any atom is -0.479 e. The lowest BCUT2D eigenvalue weighted by atomic mass is 9.93. The van der Waals surface area contributed by atoms with Gasteiger partial charge in [-0.1, -0.05) is 49.7 Å². The number of aliphatic hydroxyl groups is 1. The van der Waals surface area contributed by atoms with Crippen LogP contribution in [0.4, 0.5) is 4.39 Å². The summed E-state index contributed by atoms with van der Waals surface area (Å²) in [5.41, 5.74) is 1.55. The number of esters is 3. The molecular formula is C31H34ClFN2O10. The number of nitrogens with zero attached hydrogens (tertiary/aromatic N) is 2. The van der Waals surface area contributed by atoms with E-state index in [1.807, 2.05) is 0 Å². The van der Waals surface area contributed by atoms with E-state index in [0.29, 0.717) is 21.7 Å². The smallest absolute Gasteiger partial charge is 0.339 e. The van der Waals surface area contributed by atoms with Crippen LogP contribution in [-0.4, -0.2) is 79.1 Å². The fourth-order valence-electron chi connectivity index (χ4n) is 4.24. The van der Waals surface area contributed by atoms with Crippen molar-refractivity contribution < 1.29 is 52.1 Å². The van der Waals surface area contributed by atoms with Gasteiger partial charge in [0, 0.05) is 23.7 Å². The number of methoxy groups -OCH3 is 2. The van der Waals surface area contributed by atoms with E-state index in [1.165, 1.54) is 43.4 Å². The Kier molecular flexibility index (Phi) is 13.0. The van der Waals surface area contributed by atoms with E-state index in [0.717, 1.165) is 0 Å². The van der Waals surface area contributed by atoms with Gasteiger partial charge in [-0.2, -0.15) is 0 Å². The second-order valence-electron chi connectivity index (χ2n) is 10.3. The lowest BCUT2D eigenvalue weighted by Gasteiger charge is -2.24. The molecule has 1 N–H and O–H groups in total. The number of hydrogen-bond acceptors (Lipinski definition) is 12. The van der Waals surface area contributed by atoms with Gasteiger partial charge < -0.3 is 28.6 Å². The molecule has 0 aliphatic carbocycles. The highest BCUT2D eigenvalue weighted by molar-refractivity contribution is 6.30. The summed E-state index contributed by atoms with van der Waals surface area (Å²) in [6, 6.07) is 12.3. The Morgan fingerprint density at radius 2 is 1.71 bits per heavy atom. The number of Topliss-reactive ketones (excluding diaryl/α,β-unsaturated/α-hetero) is 1. The van der Waals surface area contributed by atoms with E-state index in [2.05, 4.69) is 9.89 Å². The van der Waals surface area contributed by atoms with Crippen LogP contribution in [-0.2, 0) is 35.1 Å². The molecular weight excluding hydrogens is 615 g/mol. The maximum atomic E-state index is 14.3. The molecule has 2 atom stereocenters. The predicted octanol–water partition coefficient (Wildman–Crippen LogP) is 4.07. The van der Waals surface area contributed by atoms with Gasteiger partial charge in [0.1, 0.15) is 5.82 Å². The van der Waals surface area contributed by atoms with Crippen LogP contribution in [0.15, 0.2) is 53.1 Å². The Labute approximate surface area is 263 Å². The summed E-state index contributed by atoms with van der Waals surface area (Å²) in [5, 5.41) is 14.6. The SMILES string of the molecule is COC(=O)C[C@H](C(=O)OCOC(=O)[C@H](O)CN(CC(=O)c1cc(OC)no1)Cc1ccc(-c2cc(Cl)ccc2F)cc1)C(C)C. The molecule has 1 heterocycles. The Balaban J connectivity index is 1.68. The second kappa shape index (κ2) is 16.7. The summed E-state index contributed by atoms with van der Waals surface area (Å²) in [6.07, 6.45) is -1.95. The third-order valence-corrected chi connectivity index (χ3v) is 7.00. The molecule has 2 aromatic carbocycles. The standard InChI is InChI=1S/C31H34ClFN2O10/c1-18(2)22(12-29(38)42-4)30(39)43-17-44-31(40)26(37)16-35(15-25(36)27-13-28(41-3)34-45-27)14-19-5-7-20(8-6-19)23-11-21(32)9-10-24(23)33/h5-11,13,18,22,26,37H,12,14-17H2,1-4H3/t22-,26+/m0/s1. The Morgan fingerprint density at radius 3 is 2.33 bits per heavy atom. The summed E-state index contributed by atoms with van der Waals surface area (Å²) >= 11 is 6.02. The maximum Gasteiger partial charge on any atom is 0.339 e. The first-order valence-corrected chi connectivity index (χ1v) is 14.2. The molecule has 0 radical (unpaired) electrons. The Morgan fingerprint density at radius 1 is 1.02 bits per heavy atom. The molecule has 0 saturated carbocycles. The molecule has 3 rings (SSSR count). The highest BCUT2D eigenvalue weighted by Gasteiger charge is 2.28. The number of halogens is 2. The van der Waals surface area contributed by atoms with Crippen LogP contribution < -0.4 is 4.74 Å². The van der Waals surface area contributed by atoms with Gasteiger partial charge in [0.2, 0.25) is 18.3 Å². The Hall–Kier alpha value is -4.33. The molecule has 0 fully saturated rings. The number of ether oxygens (including phenoxy) is 4. The summed E-state index contributed by atoms with van der Waals surface area (Å²) in [6.45, 7) is 2.07. The molecule has 0 bridgehead atoms. The molecule has 0 amide bonds. The van der Waals surface area contributed by atoms with E-state index >= 15 is 0 Å². The number of aromatic nitrogens is 1. The first-order chi connectivity index (χ1) is 21.4. The van der Waals surface area contributed by atoms with Crippen LogP contribution in [0.2, 0.25) is 5.02 Å². The molecule has 0 saturated heterocycles. The number of carbonyl (C=O) groups excluding carboxylic acids is 4. The largest absolute Gasteiger partial charge is 0.479 e. The highest BCUT2D eigenvalue weighted by atomic mass is 35.5. The average Bonchev–Trinajstić information content (AvgIpc) is 3.50. The van der Waals surface area contributed by atoms with Gasteiger partial charge in [0.15, 0.2) is 6.10 Å².